The van der Waals surface area contributed by atoms with Gasteiger partial charge in [-0.25, -0.2) is 9.59 Å². The highest BCUT2D eigenvalue weighted by Crippen LogP contribution is 1.95. The van der Waals surface area contributed by atoms with Gasteiger partial charge in [0.05, 0.1) is 26.2 Å². The maximum Gasteiger partial charge on any atom is 0.334 e. The van der Waals surface area contributed by atoms with Crippen molar-refractivity contribution in [2.24, 2.45) is 0 Å². The number of ether oxygens (including phenoxy) is 3. The van der Waals surface area contributed by atoms with Crippen molar-refractivity contribution in [3.05, 3.63) is 0 Å². The molecule has 8 heteroatoms. The Kier molecular flexibility index (Phi) is 13.3. The minimum absolute atomic E-state index is 0. The van der Waals surface area contributed by atoms with Gasteiger partial charge in [-0.2, -0.15) is 0 Å². The van der Waals surface area contributed by atoms with Gasteiger partial charge in [0, 0.05) is 6.54 Å². The SMILES string of the molecule is CCOC(=O)CCNC(C(=O)OCC)C(=O)OCC.Cl. The first kappa shape index (κ1) is 21.0. The molecule has 7 nitrogen and oxygen atoms in total. The lowest BCUT2D eigenvalue weighted by Gasteiger charge is -2.15. The molecule has 0 aromatic rings. The Balaban J connectivity index is 0. The normalized spacial score (nSPS) is 9.60. The van der Waals surface area contributed by atoms with E-state index in [-0.39, 0.29) is 45.2 Å². The zero-order chi connectivity index (χ0) is 14.7. The maximum absolute atomic E-state index is 11.6. The third-order valence-corrected chi connectivity index (χ3v) is 2.03. The van der Waals surface area contributed by atoms with Gasteiger partial charge in [-0.3, -0.25) is 10.1 Å². The fourth-order valence-electron chi connectivity index (χ4n) is 1.27. The molecule has 0 fully saturated rings. The second-order valence-corrected chi connectivity index (χ2v) is 3.45. The Morgan fingerprint density at radius 3 is 1.75 bits per heavy atom. The van der Waals surface area contributed by atoms with Gasteiger partial charge in [-0.05, 0) is 20.8 Å². The third kappa shape index (κ3) is 8.71. The van der Waals surface area contributed by atoms with Crippen LogP contribution in [-0.2, 0) is 28.6 Å². The average molecular weight is 312 g/mol. The van der Waals surface area contributed by atoms with E-state index in [2.05, 4.69) is 5.32 Å². The summed E-state index contributed by atoms with van der Waals surface area (Å²) in [5.41, 5.74) is 0. The van der Waals surface area contributed by atoms with Crippen LogP contribution in [-0.4, -0.2) is 50.3 Å². The van der Waals surface area contributed by atoms with E-state index >= 15 is 0 Å². The molecule has 20 heavy (non-hydrogen) atoms. The summed E-state index contributed by atoms with van der Waals surface area (Å²) in [6.45, 7) is 5.71. The molecule has 1 N–H and O–H groups in total. The topological polar surface area (TPSA) is 90.9 Å². The summed E-state index contributed by atoms with van der Waals surface area (Å²) < 4.78 is 14.2. The summed E-state index contributed by atoms with van der Waals surface area (Å²) in [5.74, 6) is -1.84. The van der Waals surface area contributed by atoms with Crippen molar-refractivity contribution in [3.63, 3.8) is 0 Å². The highest BCUT2D eigenvalue weighted by atomic mass is 35.5. The lowest BCUT2D eigenvalue weighted by molar-refractivity contribution is -0.158. The van der Waals surface area contributed by atoms with E-state index in [4.69, 9.17) is 14.2 Å². The van der Waals surface area contributed by atoms with Crippen LogP contribution in [0.3, 0.4) is 0 Å². The van der Waals surface area contributed by atoms with E-state index in [1.54, 1.807) is 20.8 Å². The Morgan fingerprint density at radius 2 is 1.35 bits per heavy atom. The average Bonchev–Trinajstić information content (AvgIpc) is 2.35. The van der Waals surface area contributed by atoms with Crippen LogP contribution in [0.5, 0.6) is 0 Å². The molecule has 0 amide bonds. The van der Waals surface area contributed by atoms with Crippen molar-refractivity contribution < 1.29 is 28.6 Å². The Hall–Kier alpha value is -1.34. The van der Waals surface area contributed by atoms with Gasteiger partial charge in [0.25, 0.3) is 0 Å². The molecule has 0 aliphatic heterocycles. The summed E-state index contributed by atoms with van der Waals surface area (Å²) in [7, 11) is 0. The smallest absolute Gasteiger partial charge is 0.334 e. The van der Waals surface area contributed by atoms with Gasteiger partial charge in [0.2, 0.25) is 6.04 Å². The van der Waals surface area contributed by atoms with Crippen molar-refractivity contribution in [1.29, 1.82) is 0 Å². The number of halogens is 1. The van der Waals surface area contributed by atoms with Gasteiger partial charge in [-0.15, -0.1) is 12.4 Å². The van der Waals surface area contributed by atoms with Gasteiger partial charge >= 0.3 is 17.9 Å². The minimum Gasteiger partial charge on any atom is -0.466 e. The summed E-state index contributed by atoms with van der Waals surface area (Å²) in [5, 5.41) is 2.63. The number of esters is 3. The molecule has 0 aromatic heterocycles. The lowest BCUT2D eigenvalue weighted by atomic mass is 10.3. The molecule has 0 heterocycles. The van der Waals surface area contributed by atoms with E-state index in [0.29, 0.717) is 0 Å². The minimum atomic E-state index is -1.21. The number of carbonyl (C=O) groups is 3. The number of carbonyl (C=O) groups excluding carboxylic acids is 3. The molecule has 118 valence electrons. The molecule has 0 radical (unpaired) electrons. The van der Waals surface area contributed by atoms with E-state index in [9.17, 15) is 14.4 Å². The second-order valence-electron chi connectivity index (χ2n) is 3.45. The lowest BCUT2D eigenvalue weighted by Crippen LogP contribution is -2.46. The number of rotatable bonds is 9. The summed E-state index contributed by atoms with van der Waals surface area (Å²) >= 11 is 0. The number of hydrogen-bond acceptors (Lipinski definition) is 7. The van der Waals surface area contributed by atoms with Gasteiger partial charge in [0.15, 0.2) is 0 Å². The van der Waals surface area contributed by atoms with Crippen LogP contribution in [0.1, 0.15) is 27.2 Å². The molecular weight excluding hydrogens is 290 g/mol. The maximum atomic E-state index is 11.6. The molecule has 0 atom stereocenters. The monoisotopic (exact) mass is 311 g/mol. The van der Waals surface area contributed by atoms with E-state index in [1.807, 2.05) is 0 Å². The predicted molar refractivity (Wildman–Crippen MR) is 73.6 cm³/mol. The Morgan fingerprint density at radius 1 is 0.900 bits per heavy atom. The number of hydrogen-bond donors (Lipinski definition) is 1. The van der Waals surface area contributed by atoms with Gasteiger partial charge < -0.3 is 14.2 Å². The Bertz CT molecular complexity index is 292. The second kappa shape index (κ2) is 12.7. The highest BCUT2D eigenvalue weighted by Gasteiger charge is 2.28. The largest absolute Gasteiger partial charge is 0.466 e. The molecule has 0 aliphatic carbocycles. The van der Waals surface area contributed by atoms with Gasteiger partial charge in [0.1, 0.15) is 0 Å². The third-order valence-electron chi connectivity index (χ3n) is 2.03. The van der Waals surface area contributed by atoms with E-state index in [1.165, 1.54) is 0 Å². The van der Waals surface area contributed by atoms with Crippen LogP contribution in [0.15, 0.2) is 0 Å². The standard InChI is InChI=1S/C12H21NO6.ClH/c1-4-17-9(14)7-8-13-10(11(15)18-5-2)12(16)19-6-3;/h10,13H,4-8H2,1-3H3;1H. The van der Waals surface area contributed by atoms with Crippen LogP contribution in [0.4, 0.5) is 0 Å². The zero-order valence-corrected chi connectivity index (χ0v) is 12.8. The summed E-state index contributed by atoms with van der Waals surface area (Å²) in [6.07, 6.45) is 0.0587. The molecule has 0 unspecified atom stereocenters. The van der Waals surface area contributed by atoms with E-state index in [0.717, 1.165) is 0 Å². The van der Waals surface area contributed by atoms with Crippen LogP contribution < -0.4 is 5.32 Å². The first-order valence-electron chi connectivity index (χ1n) is 6.29. The summed E-state index contributed by atoms with van der Waals surface area (Å²) in [4.78, 5) is 34.2. The quantitative estimate of drug-likeness (QED) is 0.375. The number of nitrogens with one attached hydrogen (secondary N) is 1. The molecule has 0 bridgehead atoms. The zero-order valence-electron chi connectivity index (χ0n) is 12.0. The molecule has 0 aliphatic rings. The fraction of sp³-hybridized carbons (Fsp3) is 0.750. The van der Waals surface area contributed by atoms with Gasteiger partial charge in [-0.1, -0.05) is 0 Å². The summed E-state index contributed by atoms with van der Waals surface area (Å²) in [6, 6.07) is -1.21. The molecule has 0 spiro atoms. The first-order valence-corrected chi connectivity index (χ1v) is 6.29. The van der Waals surface area contributed by atoms with Crippen LogP contribution in [0.25, 0.3) is 0 Å². The van der Waals surface area contributed by atoms with Crippen LogP contribution in [0.2, 0.25) is 0 Å². The van der Waals surface area contributed by atoms with Crippen molar-refractivity contribution in [3.8, 4) is 0 Å². The predicted octanol–water partition coefficient (Wildman–Crippen LogP) is 0.446. The van der Waals surface area contributed by atoms with Crippen molar-refractivity contribution in [2.45, 2.75) is 33.2 Å². The molecular formula is C12H22ClNO6. The van der Waals surface area contributed by atoms with Crippen molar-refractivity contribution in [1.82, 2.24) is 5.32 Å². The molecule has 0 rings (SSSR count). The Labute approximate surface area is 124 Å². The van der Waals surface area contributed by atoms with Crippen LogP contribution in [0, 0.1) is 0 Å². The molecule has 0 saturated carbocycles. The van der Waals surface area contributed by atoms with Crippen molar-refractivity contribution >= 4 is 30.3 Å². The first-order chi connectivity index (χ1) is 9.06. The van der Waals surface area contributed by atoms with E-state index < -0.39 is 23.9 Å². The highest BCUT2D eigenvalue weighted by molar-refractivity contribution is 5.99. The fourth-order valence-corrected chi connectivity index (χ4v) is 1.27. The molecule has 0 aromatic carbocycles. The molecule has 0 saturated heterocycles. The van der Waals surface area contributed by atoms with Crippen molar-refractivity contribution in [2.75, 3.05) is 26.4 Å². The van der Waals surface area contributed by atoms with Crippen LogP contribution >= 0.6 is 12.4 Å².